The molecule has 3 unspecified atom stereocenters. The average Bonchev–Trinajstić information content (AvgIpc) is 2.79. The Balaban J connectivity index is 1.65. The molecule has 1 aliphatic heterocycles. The van der Waals surface area contributed by atoms with Gasteiger partial charge in [0.1, 0.15) is 5.82 Å². The Hall–Kier alpha value is -1.01. The molecule has 2 N–H and O–H groups in total. The third kappa shape index (κ3) is 7.01. The lowest BCUT2D eigenvalue weighted by atomic mass is 9.83. The molecule has 2 fully saturated rings. The number of hydrogen-bond donors (Lipinski definition) is 1. The topological polar surface area (TPSA) is 47.7 Å². The minimum atomic E-state index is -0.196. The largest absolute Gasteiger partial charge is 0.385 e. The highest BCUT2D eigenvalue weighted by Gasteiger charge is 2.32. The fraction of sp³-hybridized carbons (Fsp3) is 0.760. The van der Waals surface area contributed by atoms with E-state index in [9.17, 15) is 4.39 Å². The van der Waals surface area contributed by atoms with Crippen LogP contribution in [0.1, 0.15) is 69.5 Å². The van der Waals surface area contributed by atoms with Gasteiger partial charge in [-0.15, -0.1) is 0 Å². The van der Waals surface area contributed by atoms with E-state index in [0.29, 0.717) is 25.2 Å². The van der Waals surface area contributed by atoms with Crippen molar-refractivity contribution in [2.45, 2.75) is 69.9 Å². The maximum atomic E-state index is 13.5. The summed E-state index contributed by atoms with van der Waals surface area (Å²) >= 11 is 0. The molecule has 1 saturated carbocycles. The summed E-state index contributed by atoms with van der Waals surface area (Å²) in [5, 5.41) is 0. The highest BCUT2D eigenvalue weighted by atomic mass is 19.1. The first-order chi connectivity index (χ1) is 14.7. The second-order valence-corrected chi connectivity index (χ2v) is 9.22. The van der Waals surface area contributed by atoms with Crippen LogP contribution in [0.25, 0.3) is 0 Å². The van der Waals surface area contributed by atoms with Crippen molar-refractivity contribution < 1.29 is 13.9 Å². The predicted molar refractivity (Wildman–Crippen MR) is 120 cm³/mol. The predicted octanol–water partition coefficient (Wildman–Crippen LogP) is 4.93. The van der Waals surface area contributed by atoms with E-state index < -0.39 is 0 Å². The number of halogens is 1. The maximum absolute atomic E-state index is 13.5. The smallest absolute Gasteiger partial charge is 0.123 e. The molecule has 1 heterocycles. The Morgan fingerprint density at radius 2 is 1.83 bits per heavy atom. The molecule has 1 aromatic rings. The quantitative estimate of drug-likeness (QED) is 0.516. The van der Waals surface area contributed by atoms with Crippen molar-refractivity contribution >= 4 is 0 Å². The Bertz CT molecular complexity index is 591. The zero-order valence-corrected chi connectivity index (χ0v) is 18.7. The lowest BCUT2D eigenvalue weighted by Crippen LogP contribution is -2.48. The molecule has 1 aliphatic carbocycles. The van der Waals surface area contributed by atoms with E-state index in [-0.39, 0.29) is 11.9 Å². The molecule has 3 atom stereocenters. The zero-order valence-electron chi connectivity index (χ0n) is 18.7. The Morgan fingerprint density at radius 1 is 1.07 bits per heavy atom. The van der Waals surface area contributed by atoms with Crippen LogP contribution in [0.3, 0.4) is 0 Å². The first kappa shape index (κ1) is 23.6. The molecule has 4 nitrogen and oxygen atoms in total. The van der Waals surface area contributed by atoms with Gasteiger partial charge in [0.15, 0.2) is 0 Å². The number of rotatable bonds is 11. The standard InChI is InChI=1S/C25H41FN2O2/c1-29-15-6-16-30-25(21-10-12-23(26)13-11-21)22-9-5-14-28(19-22)24(18-27)17-20-7-3-2-4-8-20/h10-13,20,22,24-25H,2-9,14-19,27H2,1H3. The van der Waals surface area contributed by atoms with Gasteiger partial charge in [-0.25, -0.2) is 4.39 Å². The number of hydrogen-bond acceptors (Lipinski definition) is 4. The molecule has 5 heteroatoms. The highest BCUT2D eigenvalue weighted by Crippen LogP contribution is 2.35. The molecule has 0 aromatic heterocycles. The number of nitrogens with zero attached hydrogens (tertiary/aromatic N) is 1. The first-order valence-corrected chi connectivity index (χ1v) is 12.0. The summed E-state index contributed by atoms with van der Waals surface area (Å²) in [7, 11) is 1.72. The molecule has 30 heavy (non-hydrogen) atoms. The molecule has 1 aromatic carbocycles. The summed E-state index contributed by atoms with van der Waals surface area (Å²) in [4.78, 5) is 2.62. The lowest BCUT2D eigenvalue weighted by molar-refractivity contribution is -0.0295. The van der Waals surface area contributed by atoms with Crippen LogP contribution in [0.15, 0.2) is 24.3 Å². The molecule has 170 valence electrons. The monoisotopic (exact) mass is 420 g/mol. The van der Waals surface area contributed by atoms with Crippen LogP contribution in [0.4, 0.5) is 4.39 Å². The van der Waals surface area contributed by atoms with Gasteiger partial charge >= 0.3 is 0 Å². The van der Waals surface area contributed by atoms with Gasteiger partial charge in [-0.1, -0.05) is 44.2 Å². The van der Waals surface area contributed by atoms with Crippen molar-refractivity contribution in [1.82, 2.24) is 4.90 Å². The van der Waals surface area contributed by atoms with E-state index in [1.54, 1.807) is 19.2 Å². The van der Waals surface area contributed by atoms with Crippen LogP contribution in [0, 0.1) is 17.7 Å². The van der Waals surface area contributed by atoms with Gasteiger partial charge in [0, 0.05) is 45.4 Å². The van der Waals surface area contributed by atoms with Gasteiger partial charge in [0.05, 0.1) is 6.10 Å². The fourth-order valence-electron chi connectivity index (χ4n) is 5.39. The van der Waals surface area contributed by atoms with Crippen LogP contribution in [-0.4, -0.2) is 50.9 Å². The summed E-state index contributed by atoms with van der Waals surface area (Å²) in [6.07, 6.45) is 11.3. The van der Waals surface area contributed by atoms with E-state index >= 15 is 0 Å². The third-order valence-corrected chi connectivity index (χ3v) is 7.02. The van der Waals surface area contributed by atoms with Gasteiger partial charge < -0.3 is 15.2 Å². The number of nitrogens with two attached hydrogens (primary N) is 1. The van der Waals surface area contributed by atoms with Gasteiger partial charge in [-0.05, 0) is 55.8 Å². The number of ether oxygens (including phenoxy) is 2. The van der Waals surface area contributed by atoms with Crippen molar-refractivity contribution in [2.24, 2.45) is 17.6 Å². The highest BCUT2D eigenvalue weighted by molar-refractivity contribution is 5.20. The van der Waals surface area contributed by atoms with E-state index in [1.807, 2.05) is 12.1 Å². The molecule has 1 saturated heterocycles. The summed E-state index contributed by atoms with van der Waals surface area (Å²) in [5.74, 6) is 1.05. The van der Waals surface area contributed by atoms with Crippen molar-refractivity contribution in [2.75, 3.05) is 40.0 Å². The number of benzene rings is 1. The SMILES string of the molecule is COCCCOC(c1ccc(F)cc1)C1CCCN(C(CN)CC2CCCCC2)C1. The molecule has 2 aliphatic rings. The van der Waals surface area contributed by atoms with Crippen molar-refractivity contribution in [1.29, 1.82) is 0 Å². The number of piperidine rings is 1. The second-order valence-electron chi connectivity index (χ2n) is 9.22. The molecule has 0 bridgehead atoms. The number of likely N-dealkylation sites (tertiary alicyclic amines) is 1. The van der Waals surface area contributed by atoms with Crippen LogP contribution in [0.5, 0.6) is 0 Å². The molecular formula is C25H41FN2O2. The van der Waals surface area contributed by atoms with Crippen molar-refractivity contribution in [3.05, 3.63) is 35.6 Å². The molecule has 0 spiro atoms. The van der Waals surface area contributed by atoms with Crippen LogP contribution in [0.2, 0.25) is 0 Å². The minimum Gasteiger partial charge on any atom is -0.385 e. The van der Waals surface area contributed by atoms with Crippen LogP contribution < -0.4 is 5.73 Å². The summed E-state index contributed by atoms with van der Waals surface area (Å²) in [6, 6.07) is 7.34. The van der Waals surface area contributed by atoms with Gasteiger partial charge in [-0.3, -0.25) is 4.90 Å². The first-order valence-electron chi connectivity index (χ1n) is 12.0. The van der Waals surface area contributed by atoms with Gasteiger partial charge in [0.2, 0.25) is 0 Å². The summed E-state index contributed by atoms with van der Waals surface area (Å²) < 4.78 is 25.0. The Labute approximate surface area is 182 Å². The molecular weight excluding hydrogens is 379 g/mol. The van der Waals surface area contributed by atoms with Crippen LogP contribution >= 0.6 is 0 Å². The normalized spacial score (nSPS) is 23.4. The molecule has 3 rings (SSSR count). The van der Waals surface area contributed by atoms with Gasteiger partial charge in [0.25, 0.3) is 0 Å². The van der Waals surface area contributed by atoms with E-state index in [2.05, 4.69) is 4.90 Å². The maximum Gasteiger partial charge on any atom is 0.123 e. The molecule has 0 amide bonds. The summed E-state index contributed by atoms with van der Waals surface area (Å²) in [6.45, 7) is 4.24. The Morgan fingerprint density at radius 3 is 2.53 bits per heavy atom. The average molecular weight is 421 g/mol. The Kier molecular flexibility index (Phi) is 10.1. The second kappa shape index (κ2) is 12.7. The third-order valence-electron chi connectivity index (χ3n) is 7.02. The van der Waals surface area contributed by atoms with Crippen molar-refractivity contribution in [3.8, 4) is 0 Å². The van der Waals surface area contributed by atoms with E-state index in [4.69, 9.17) is 15.2 Å². The fourth-order valence-corrected chi connectivity index (χ4v) is 5.39. The van der Waals surface area contributed by atoms with Gasteiger partial charge in [-0.2, -0.15) is 0 Å². The van der Waals surface area contributed by atoms with Crippen molar-refractivity contribution in [3.63, 3.8) is 0 Å². The van der Waals surface area contributed by atoms with E-state index in [1.165, 1.54) is 44.9 Å². The minimum absolute atomic E-state index is 0.00152. The zero-order chi connectivity index (χ0) is 21.2. The lowest BCUT2D eigenvalue weighted by Gasteiger charge is -2.42. The number of methoxy groups -OCH3 is 1. The molecule has 0 radical (unpaired) electrons. The van der Waals surface area contributed by atoms with E-state index in [0.717, 1.165) is 44.0 Å². The summed E-state index contributed by atoms with van der Waals surface area (Å²) in [5.41, 5.74) is 7.34. The van der Waals surface area contributed by atoms with Crippen LogP contribution in [-0.2, 0) is 9.47 Å².